The van der Waals surface area contributed by atoms with Gasteiger partial charge in [0.15, 0.2) is 0 Å². The monoisotopic (exact) mass is 318 g/mol. The number of fused-ring (bicyclic) bond motifs is 1. The molecule has 3 rings (SSSR count). The van der Waals surface area contributed by atoms with Gasteiger partial charge in [0, 0.05) is 4.88 Å². The molecule has 4 nitrogen and oxygen atoms in total. The highest BCUT2D eigenvalue weighted by Crippen LogP contribution is 2.38. The van der Waals surface area contributed by atoms with E-state index in [0.29, 0.717) is 10.6 Å². The second-order valence-corrected chi connectivity index (χ2v) is 7.73. The third-order valence-electron chi connectivity index (χ3n) is 3.56. The Balaban J connectivity index is 1.99. The van der Waals surface area contributed by atoms with Crippen molar-refractivity contribution in [1.29, 1.82) is 5.26 Å². The van der Waals surface area contributed by atoms with Crippen molar-refractivity contribution in [2.75, 3.05) is 4.72 Å². The fourth-order valence-electron chi connectivity index (χ4n) is 2.54. The third kappa shape index (κ3) is 2.67. The number of nitrogens with one attached hydrogen (secondary N) is 1. The minimum Gasteiger partial charge on any atom is -0.269 e. The fourth-order valence-corrected chi connectivity index (χ4v) is 5.10. The first-order valence-electron chi connectivity index (χ1n) is 6.74. The van der Waals surface area contributed by atoms with Gasteiger partial charge in [-0.05, 0) is 43.4 Å². The van der Waals surface area contributed by atoms with Crippen LogP contribution >= 0.6 is 11.3 Å². The predicted molar refractivity (Wildman–Crippen MR) is 82.9 cm³/mol. The van der Waals surface area contributed by atoms with E-state index >= 15 is 0 Å². The van der Waals surface area contributed by atoms with Gasteiger partial charge in [-0.1, -0.05) is 18.2 Å². The Bertz CT molecular complexity index is 802. The van der Waals surface area contributed by atoms with Crippen LogP contribution in [0.15, 0.2) is 35.2 Å². The molecule has 2 aromatic rings. The Kier molecular flexibility index (Phi) is 3.70. The lowest BCUT2D eigenvalue weighted by molar-refractivity contribution is 0.601. The van der Waals surface area contributed by atoms with E-state index in [0.717, 1.165) is 36.1 Å². The van der Waals surface area contributed by atoms with Crippen molar-refractivity contribution >= 4 is 26.4 Å². The lowest BCUT2D eigenvalue weighted by Crippen LogP contribution is -2.12. The highest BCUT2D eigenvalue weighted by atomic mass is 32.2. The van der Waals surface area contributed by atoms with Gasteiger partial charge in [0.1, 0.15) is 11.1 Å². The molecular weight excluding hydrogens is 304 g/mol. The summed E-state index contributed by atoms with van der Waals surface area (Å²) in [7, 11) is -3.64. The molecule has 1 heterocycles. The largest absolute Gasteiger partial charge is 0.269 e. The maximum Gasteiger partial charge on any atom is 0.262 e. The quantitative estimate of drug-likeness (QED) is 0.944. The van der Waals surface area contributed by atoms with Crippen LogP contribution in [0.5, 0.6) is 0 Å². The molecule has 0 aliphatic heterocycles. The second kappa shape index (κ2) is 5.51. The van der Waals surface area contributed by atoms with Gasteiger partial charge in [0.2, 0.25) is 0 Å². The number of sulfonamides is 1. The zero-order valence-corrected chi connectivity index (χ0v) is 12.9. The minimum atomic E-state index is -3.64. The molecule has 0 spiro atoms. The van der Waals surface area contributed by atoms with Gasteiger partial charge < -0.3 is 0 Å². The zero-order valence-electron chi connectivity index (χ0n) is 11.3. The van der Waals surface area contributed by atoms with E-state index in [1.165, 1.54) is 11.3 Å². The molecule has 0 fully saturated rings. The minimum absolute atomic E-state index is 0.209. The molecule has 0 bridgehead atoms. The van der Waals surface area contributed by atoms with Crippen LogP contribution in [0.1, 0.15) is 28.8 Å². The van der Waals surface area contributed by atoms with Crippen molar-refractivity contribution in [2.24, 2.45) is 0 Å². The van der Waals surface area contributed by atoms with Crippen molar-refractivity contribution in [3.05, 3.63) is 46.3 Å². The molecular formula is C15H14N2O2S2. The number of hydrogen-bond donors (Lipinski definition) is 1. The molecule has 1 aliphatic carbocycles. The SMILES string of the molecule is N#Cc1c(NS(=O)(=O)c2ccccc2)sc2c1CCCC2. The highest BCUT2D eigenvalue weighted by molar-refractivity contribution is 7.93. The van der Waals surface area contributed by atoms with Crippen molar-refractivity contribution in [3.63, 3.8) is 0 Å². The van der Waals surface area contributed by atoms with Crippen molar-refractivity contribution in [2.45, 2.75) is 30.6 Å². The lowest BCUT2D eigenvalue weighted by Gasteiger charge is -2.09. The number of aryl methyl sites for hydroxylation is 1. The topological polar surface area (TPSA) is 70.0 Å². The first-order chi connectivity index (χ1) is 10.1. The molecule has 0 saturated carbocycles. The number of rotatable bonds is 3. The van der Waals surface area contributed by atoms with Gasteiger partial charge in [0.25, 0.3) is 10.0 Å². The molecule has 108 valence electrons. The van der Waals surface area contributed by atoms with Gasteiger partial charge in [-0.2, -0.15) is 5.26 Å². The number of hydrogen-bond acceptors (Lipinski definition) is 4. The summed E-state index contributed by atoms with van der Waals surface area (Å²) in [6, 6.07) is 10.4. The molecule has 0 saturated heterocycles. The summed E-state index contributed by atoms with van der Waals surface area (Å²) in [6.45, 7) is 0. The average Bonchev–Trinajstić information content (AvgIpc) is 2.84. The molecule has 6 heteroatoms. The van der Waals surface area contributed by atoms with Crippen LogP contribution in [0, 0.1) is 11.3 Å². The van der Waals surface area contributed by atoms with Crippen molar-refractivity contribution in [3.8, 4) is 6.07 Å². The van der Waals surface area contributed by atoms with Gasteiger partial charge in [0.05, 0.1) is 10.5 Å². The number of anilines is 1. The number of thiophene rings is 1. The molecule has 0 radical (unpaired) electrons. The van der Waals surface area contributed by atoms with Crippen LogP contribution in [-0.2, 0) is 22.9 Å². The average molecular weight is 318 g/mol. The van der Waals surface area contributed by atoms with E-state index in [9.17, 15) is 13.7 Å². The normalized spacial score (nSPS) is 14.2. The standard InChI is InChI=1S/C15H14N2O2S2/c16-10-13-12-8-4-5-9-14(12)20-15(13)17-21(18,19)11-6-2-1-3-7-11/h1-3,6-7,17H,4-5,8-9H2. The van der Waals surface area contributed by atoms with Gasteiger partial charge >= 0.3 is 0 Å². The number of benzene rings is 1. The highest BCUT2D eigenvalue weighted by Gasteiger charge is 2.24. The predicted octanol–water partition coefficient (Wildman–Crippen LogP) is 3.30. The molecule has 1 aromatic heterocycles. The van der Waals surface area contributed by atoms with Crippen LogP contribution < -0.4 is 4.72 Å². The van der Waals surface area contributed by atoms with E-state index in [1.807, 2.05) is 0 Å². The molecule has 0 unspecified atom stereocenters. The Morgan fingerprint density at radius 2 is 1.86 bits per heavy atom. The second-order valence-electron chi connectivity index (χ2n) is 4.95. The Morgan fingerprint density at radius 1 is 1.14 bits per heavy atom. The van der Waals surface area contributed by atoms with Crippen molar-refractivity contribution in [1.82, 2.24) is 0 Å². The van der Waals surface area contributed by atoms with E-state index < -0.39 is 10.0 Å². The molecule has 1 aliphatic rings. The lowest BCUT2D eigenvalue weighted by atomic mass is 9.96. The number of nitriles is 1. The Hall–Kier alpha value is -1.84. The summed E-state index contributed by atoms with van der Waals surface area (Å²) in [5.74, 6) is 0. The summed E-state index contributed by atoms with van der Waals surface area (Å²) < 4.78 is 27.3. The maximum atomic E-state index is 12.4. The van der Waals surface area contributed by atoms with Gasteiger partial charge in [-0.15, -0.1) is 11.3 Å². The van der Waals surface area contributed by atoms with Crippen LogP contribution in [0.3, 0.4) is 0 Å². The van der Waals surface area contributed by atoms with Crippen LogP contribution in [0.25, 0.3) is 0 Å². The van der Waals surface area contributed by atoms with E-state index in [4.69, 9.17) is 0 Å². The molecule has 21 heavy (non-hydrogen) atoms. The summed E-state index contributed by atoms with van der Waals surface area (Å²) in [4.78, 5) is 1.35. The summed E-state index contributed by atoms with van der Waals surface area (Å²) in [6.07, 6.45) is 3.95. The first-order valence-corrected chi connectivity index (χ1v) is 9.04. The van der Waals surface area contributed by atoms with Gasteiger partial charge in [-0.25, -0.2) is 8.42 Å². The molecule has 1 N–H and O–H groups in total. The summed E-state index contributed by atoms with van der Waals surface area (Å²) in [5.41, 5.74) is 1.52. The molecule has 0 amide bonds. The Morgan fingerprint density at radius 3 is 2.57 bits per heavy atom. The Labute approximate surface area is 128 Å². The van der Waals surface area contributed by atoms with Crippen LogP contribution in [-0.4, -0.2) is 8.42 Å². The van der Waals surface area contributed by atoms with E-state index in [-0.39, 0.29) is 4.90 Å². The molecule has 1 aromatic carbocycles. The summed E-state index contributed by atoms with van der Waals surface area (Å²) in [5, 5.41) is 9.80. The first kappa shape index (κ1) is 14.1. The number of nitrogens with zero attached hydrogens (tertiary/aromatic N) is 1. The van der Waals surface area contributed by atoms with E-state index in [2.05, 4.69) is 10.8 Å². The van der Waals surface area contributed by atoms with Gasteiger partial charge in [-0.3, -0.25) is 4.72 Å². The molecule has 0 atom stereocenters. The van der Waals surface area contributed by atoms with Crippen LogP contribution in [0.4, 0.5) is 5.00 Å². The van der Waals surface area contributed by atoms with Crippen LogP contribution in [0.2, 0.25) is 0 Å². The van der Waals surface area contributed by atoms with Crippen molar-refractivity contribution < 1.29 is 8.42 Å². The smallest absolute Gasteiger partial charge is 0.262 e. The third-order valence-corrected chi connectivity index (χ3v) is 6.27. The van der Waals surface area contributed by atoms with E-state index in [1.54, 1.807) is 30.3 Å². The summed E-state index contributed by atoms with van der Waals surface area (Å²) >= 11 is 1.40. The fraction of sp³-hybridized carbons (Fsp3) is 0.267. The zero-order chi connectivity index (χ0) is 14.9. The maximum absolute atomic E-state index is 12.4.